The number of hydrogen-bond acceptors (Lipinski definition) is 2. The summed E-state index contributed by atoms with van der Waals surface area (Å²) in [5.74, 6) is 0. The van der Waals surface area contributed by atoms with Crippen LogP contribution < -0.4 is 0 Å². The van der Waals surface area contributed by atoms with Gasteiger partial charge in [0.25, 0.3) is 0 Å². The molecule has 0 fully saturated rings. The van der Waals surface area contributed by atoms with Crippen molar-refractivity contribution >= 4 is 9.84 Å². The molecule has 0 radical (unpaired) electrons. The summed E-state index contributed by atoms with van der Waals surface area (Å²) in [5.41, 5.74) is 2.35. The third-order valence-corrected chi connectivity index (χ3v) is 5.33. The Bertz CT molecular complexity index is 613. The van der Waals surface area contributed by atoms with E-state index in [9.17, 15) is 8.42 Å². The summed E-state index contributed by atoms with van der Waals surface area (Å²) in [6.07, 6.45) is 4.08. The van der Waals surface area contributed by atoms with E-state index < -0.39 is 9.84 Å². The zero-order valence-electron chi connectivity index (χ0n) is 16.7. The lowest BCUT2D eigenvalue weighted by Crippen LogP contribution is -2.02. The first-order valence-electron chi connectivity index (χ1n) is 9.51. The van der Waals surface area contributed by atoms with E-state index in [2.05, 4.69) is 13.8 Å². The van der Waals surface area contributed by atoms with E-state index in [0.717, 1.165) is 25.7 Å². The largest absolute Gasteiger partial charge is 0.219 e. The van der Waals surface area contributed by atoms with Gasteiger partial charge < -0.3 is 0 Å². The van der Waals surface area contributed by atoms with Crippen molar-refractivity contribution < 1.29 is 8.42 Å². The van der Waals surface area contributed by atoms with Crippen LogP contribution in [0.1, 0.15) is 65.5 Å². The molecule has 140 valence electrons. The van der Waals surface area contributed by atoms with Crippen LogP contribution in [0.4, 0.5) is 0 Å². The molecule has 0 aliphatic carbocycles. The van der Waals surface area contributed by atoms with Crippen molar-refractivity contribution in [1.82, 2.24) is 0 Å². The van der Waals surface area contributed by atoms with Crippen molar-refractivity contribution in [2.75, 3.05) is 0 Å². The first-order valence-corrected chi connectivity index (χ1v) is 11.0. The van der Waals surface area contributed by atoms with Gasteiger partial charge >= 0.3 is 0 Å². The van der Waals surface area contributed by atoms with Crippen LogP contribution in [0.3, 0.4) is 0 Å². The molecule has 0 aromatic heterocycles. The second kappa shape index (κ2) is 12.7. The van der Waals surface area contributed by atoms with Crippen molar-refractivity contribution in [2.24, 2.45) is 0 Å². The van der Waals surface area contributed by atoms with E-state index in [-0.39, 0.29) is 0 Å². The summed E-state index contributed by atoms with van der Waals surface area (Å²) < 4.78 is 25.1. The lowest BCUT2D eigenvalue weighted by atomic mass is 10.1. The summed E-state index contributed by atoms with van der Waals surface area (Å²) >= 11 is 0. The third kappa shape index (κ3) is 7.03. The predicted molar refractivity (Wildman–Crippen MR) is 109 cm³/mol. The van der Waals surface area contributed by atoms with Crippen LogP contribution in [0, 0.1) is 0 Å². The molecule has 2 nitrogen and oxygen atoms in total. The third-order valence-electron chi connectivity index (χ3n) is 3.54. The van der Waals surface area contributed by atoms with Crippen molar-refractivity contribution in [2.45, 2.75) is 77.0 Å². The van der Waals surface area contributed by atoms with Gasteiger partial charge in [-0.1, -0.05) is 78.6 Å². The van der Waals surface area contributed by atoms with E-state index in [1.165, 1.54) is 11.1 Å². The molecule has 0 aliphatic heterocycles. The van der Waals surface area contributed by atoms with Gasteiger partial charge in [0.1, 0.15) is 0 Å². The first-order chi connectivity index (χ1) is 12.1. The van der Waals surface area contributed by atoms with Gasteiger partial charge in [-0.25, -0.2) is 8.42 Å². The van der Waals surface area contributed by atoms with Gasteiger partial charge in [-0.3, -0.25) is 0 Å². The minimum absolute atomic E-state index is 0.366. The molecule has 0 unspecified atom stereocenters. The molecule has 0 bridgehead atoms. The zero-order valence-corrected chi connectivity index (χ0v) is 17.5. The molecule has 25 heavy (non-hydrogen) atoms. The van der Waals surface area contributed by atoms with Crippen LogP contribution in [0.5, 0.6) is 0 Å². The summed E-state index contributed by atoms with van der Waals surface area (Å²) in [4.78, 5) is 0.733. The van der Waals surface area contributed by atoms with Gasteiger partial charge in [0.15, 0.2) is 0 Å². The first kappa shape index (κ1) is 23.4. The Kier molecular flexibility index (Phi) is 11.9. The van der Waals surface area contributed by atoms with Gasteiger partial charge in [0.2, 0.25) is 9.84 Å². The van der Waals surface area contributed by atoms with E-state index in [0.29, 0.717) is 9.79 Å². The van der Waals surface area contributed by atoms with Crippen LogP contribution in [0.15, 0.2) is 58.3 Å². The van der Waals surface area contributed by atoms with E-state index in [1.807, 2.05) is 52.0 Å². The molecule has 0 heterocycles. The standard InChI is InChI=1S/C18H22O2S.2C2H6/c1-3-5-15-7-11-17(12-8-15)21(19,20)18-13-9-16(6-4-2)10-14-18;2*1-2/h7-14H,3-6H2,1-2H3;2*1-2H3. The van der Waals surface area contributed by atoms with Crippen LogP contribution >= 0.6 is 0 Å². The average Bonchev–Trinajstić information content (AvgIpc) is 2.66. The molecule has 0 saturated carbocycles. The number of aryl methyl sites for hydroxylation is 2. The van der Waals surface area contributed by atoms with Crippen molar-refractivity contribution in [3.05, 3.63) is 59.7 Å². The molecule has 2 aromatic rings. The maximum Gasteiger partial charge on any atom is 0.206 e. The second-order valence-corrected chi connectivity index (χ2v) is 7.24. The van der Waals surface area contributed by atoms with Gasteiger partial charge in [-0.2, -0.15) is 0 Å². The molecular formula is C22H34O2S. The lowest BCUT2D eigenvalue weighted by molar-refractivity contribution is 0.596. The SMILES string of the molecule is CC.CC.CCCc1ccc(S(=O)(=O)c2ccc(CCC)cc2)cc1. The lowest BCUT2D eigenvalue weighted by Gasteiger charge is -2.07. The highest BCUT2D eigenvalue weighted by molar-refractivity contribution is 7.91. The molecule has 2 rings (SSSR count). The molecular weight excluding hydrogens is 328 g/mol. The number of hydrogen-bond donors (Lipinski definition) is 0. The van der Waals surface area contributed by atoms with Gasteiger partial charge in [-0.05, 0) is 48.2 Å². The smallest absolute Gasteiger partial charge is 0.206 e. The Morgan fingerprint density at radius 3 is 1.12 bits per heavy atom. The van der Waals surface area contributed by atoms with Crippen LogP contribution in [-0.4, -0.2) is 8.42 Å². The predicted octanol–water partition coefficient (Wildman–Crippen LogP) is 6.48. The van der Waals surface area contributed by atoms with Gasteiger partial charge in [-0.15, -0.1) is 0 Å². The van der Waals surface area contributed by atoms with Gasteiger partial charge in [0, 0.05) is 0 Å². The number of rotatable bonds is 6. The molecule has 0 saturated heterocycles. The van der Waals surface area contributed by atoms with Gasteiger partial charge in [0.05, 0.1) is 9.79 Å². The summed E-state index contributed by atoms with van der Waals surface area (Å²) in [5, 5.41) is 0. The average molecular weight is 363 g/mol. The Balaban J connectivity index is 0.00000134. The molecule has 0 atom stereocenters. The molecule has 0 aliphatic rings. The highest BCUT2D eigenvalue weighted by Gasteiger charge is 2.17. The van der Waals surface area contributed by atoms with E-state index >= 15 is 0 Å². The van der Waals surface area contributed by atoms with Crippen LogP contribution in [-0.2, 0) is 22.7 Å². The summed E-state index contributed by atoms with van der Waals surface area (Å²) in [6, 6.07) is 14.5. The fourth-order valence-electron chi connectivity index (χ4n) is 2.38. The monoisotopic (exact) mass is 362 g/mol. The fraction of sp³-hybridized carbons (Fsp3) is 0.455. The fourth-order valence-corrected chi connectivity index (χ4v) is 3.64. The molecule has 0 N–H and O–H groups in total. The minimum Gasteiger partial charge on any atom is -0.219 e. The van der Waals surface area contributed by atoms with Crippen molar-refractivity contribution in [3.63, 3.8) is 0 Å². The topological polar surface area (TPSA) is 34.1 Å². The summed E-state index contributed by atoms with van der Waals surface area (Å²) in [6.45, 7) is 12.2. The Hall–Kier alpha value is -1.61. The highest BCUT2D eigenvalue weighted by Crippen LogP contribution is 2.22. The van der Waals surface area contributed by atoms with Crippen LogP contribution in [0.2, 0.25) is 0 Å². The molecule has 3 heteroatoms. The number of sulfone groups is 1. The molecule has 0 spiro atoms. The zero-order chi connectivity index (χ0) is 19.3. The maximum absolute atomic E-state index is 12.6. The second-order valence-electron chi connectivity index (χ2n) is 5.29. The van der Waals surface area contributed by atoms with E-state index in [4.69, 9.17) is 0 Å². The summed E-state index contributed by atoms with van der Waals surface area (Å²) in [7, 11) is -3.40. The quantitative estimate of drug-likeness (QED) is 0.589. The Labute approximate surface area is 155 Å². The molecule has 2 aromatic carbocycles. The van der Waals surface area contributed by atoms with E-state index in [1.54, 1.807) is 24.3 Å². The number of benzene rings is 2. The minimum atomic E-state index is -3.40. The van der Waals surface area contributed by atoms with Crippen LogP contribution in [0.25, 0.3) is 0 Å². The van der Waals surface area contributed by atoms with Crippen molar-refractivity contribution in [1.29, 1.82) is 0 Å². The maximum atomic E-state index is 12.6. The Morgan fingerprint density at radius 2 is 0.880 bits per heavy atom. The normalized spacial score (nSPS) is 10.2. The van der Waals surface area contributed by atoms with Crippen molar-refractivity contribution in [3.8, 4) is 0 Å². The Morgan fingerprint density at radius 1 is 0.600 bits per heavy atom. The molecule has 0 amide bonds. The highest BCUT2D eigenvalue weighted by atomic mass is 32.2.